The summed E-state index contributed by atoms with van der Waals surface area (Å²) in [4.78, 5) is 23.5. The zero-order valence-corrected chi connectivity index (χ0v) is 13.6. The quantitative estimate of drug-likeness (QED) is 0.798. The molecular formula is C17H24N2O4. The smallest absolute Gasteiger partial charge is 0.251 e. The summed E-state index contributed by atoms with van der Waals surface area (Å²) in [6.45, 7) is 5.04. The molecule has 2 rings (SSSR count). The first-order valence-electron chi connectivity index (χ1n) is 7.96. The molecule has 1 aliphatic rings. The van der Waals surface area contributed by atoms with Crippen molar-refractivity contribution in [2.45, 2.75) is 38.8 Å². The van der Waals surface area contributed by atoms with Crippen LogP contribution in [0.2, 0.25) is 0 Å². The summed E-state index contributed by atoms with van der Waals surface area (Å²) < 4.78 is 11.1. The number of carbonyl (C=O) groups is 2. The largest absolute Gasteiger partial charge is 0.491 e. The van der Waals surface area contributed by atoms with Gasteiger partial charge in [-0.05, 0) is 51.0 Å². The lowest BCUT2D eigenvalue weighted by molar-refractivity contribution is -0.120. The highest BCUT2D eigenvalue weighted by molar-refractivity contribution is 5.96. The van der Waals surface area contributed by atoms with Crippen molar-refractivity contribution in [3.05, 3.63) is 29.8 Å². The van der Waals surface area contributed by atoms with Crippen LogP contribution in [0.1, 0.15) is 37.0 Å². The monoisotopic (exact) mass is 320 g/mol. The Balaban J connectivity index is 1.76. The standard InChI is InChI=1S/C17H24N2O4/c1-12(2)19-16(20)10-18-17(21)13-5-7-14(8-6-13)23-11-15-4-3-9-22-15/h5-8,12,15H,3-4,9-11H2,1-2H3,(H,18,21)(H,19,20). The van der Waals surface area contributed by atoms with E-state index in [4.69, 9.17) is 9.47 Å². The van der Waals surface area contributed by atoms with Crippen LogP contribution in [0.4, 0.5) is 0 Å². The highest BCUT2D eigenvalue weighted by atomic mass is 16.5. The summed E-state index contributed by atoms with van der Waals surface area (Å²) in [6, 6.07) is 6.91. The first kappa shape index (κ1) is 17.3. The third kappa shape index (κ3) is 5.90. The van der Waals surface area contributed by atoms with E-state index < -0.39 is 0 Å². The van der Waals surface area contributed by atoms with Gasteiger partial charge in [0.1, 0.15) is 12.4 Å². The average molecular weight is 320 g/mol. The lowest BCUT2D eigenvalue weighted by Crippen LogP contribution is -2.39. The predicted octanol–water partition coefficient (Wildman–Crippen LogP) is 1.50. The Morgan fingerprint density at radius 3 is 2.65 bits per heavy atom. The summed E-state index contributed by atoms with van der Waals surface area (Å²) in [7, 11) is 0. The molecule has 23 heavy (non-hydrogen) atoms. The van der Waals surface area contributed by atoms with Crippen LogP contribution in [0.25, 0.3) is 0 Å². The van der Waals surface area contributed by atoms with Crippen LogP contribution in [0.3, 0.4) is 0 Å². The van der Waals surface area contributed by atoms with Crippen molar-refractivity contribution in [2.75, 3.05) is 19.8 Å². The van der Waals surface area contributed by atoms with Crippen LogP contribution in [-0.2, 0) is 9.53 Å². The van der Waals surface area contributed by atoms with Crippen molar-refractivity contribution < 1.29 is 19.1 Å². The molecule has 0 saturated carbocycles. The molecule has 6 heteroatoms. The molecule has 1 heterocycles. The predicted molar refractivity (Wildman–Crippen MR) is 86.5 cm³/mol. The van der Waals surface area contributed by atoms with E-state index in [-0.39, 0.29) is 30.5 Å². The molecule has 0 radical (unpaired) electrons. The Morgan fingerprint density at radius 2 is 2.04 bits per heavy atom. The molecule has 1 aliphatic heterocycles. The fourth-order valence-corrected chi connectivity index (χ4v) is 2.30. The van der Waals surface area contributed by atoms with E-state index in [1.54, 1.807) is 24.3 Å². The molecule has 2 N–H and O–H groups in total. The molecule has 1 unspecified atom stereocenters. The topological polar surface area (TPSA) is 76.7 Å². The van der Waals surface area contributed by atoms with Crippen LogP contribution < -0.4 is 15.4 Å². The second-order valence-corrected chi connectivity index (χ2v) is 5.88. The van der Waals surface area contributed by atoms with E-state index in [1.807, 2.05) is 13.8 Å². The average Bonchev–Trinajstić information content (AvgIpc) is 3.04. The van der Waals surface area contributed by atoms with Crippen LogP contribution in [0.15, 0.2) is 24.3 Å². The molecule has 0 bridgehead atoms. The highest BCUT2D eigenvalue weighted by Crippen LogP contribution is 2.16. The molecular weight excluding hydrogens is 296 g/mol. The van der Waals surface area contributed by atoms with Gasteiger partial charge in [-0.15, -0.1) is 0 Å². The van der Waals surface area contributed by atoms with Gasteiger partial charge in [0.05, 0.1) is 12.6 Å². The first-order chi connectivity index (χ1) is 11.0. The summed E-state index contributed by atoms with van der Waals surface area (Å²) in [5.74, 6) is 0.217. The number of benzene rings is 1. The Kier molecular flexibility index (Phi) is 6.40. The SMILES string of the molecule is CC(C)NC(=O)CNC(=O)c1ccc(OCC2CCCO2)cc1. The number of ether oxygens (including phenoxy) is 2. The van der Waals surface area contributed by atoms with Crippen molar-refractivity contribution in [3.8, 4) is 5.75 Å². The number of hydrogen-bond donors (Lipinski definition) is 2. The fourth-order valence-electron chi connectivity index (χ4n) is 2.30. The Morgan fingerprint density at radius 1 is 1.30 bits per heavy atom. The van der Waals surface area contributed by atoms with Gasteiger partial charge in [0.25, 0.3) is 5.91 Å². The van der Waals surface area contributed by atoms with Gasteiger partial charge in [-0.2, -0.15) is 0 Å². The van der Waals surface area contributed by atoms with Gasteiger partial charge in [-0.25, -0.2) is 0 Å². The fraction of sp³-hybridized carbons (Fsp3) is 0.529. The summed E-state index contributed by atoms with van der Waals surface area (Å²) in [5, 5.41) is 5.31. The van der Waals surface area contributed by atoms with Crippen LogP contribution in [0, 0.1) is 0 Å². The maximum atomic E-state index is 12.0. The third-order valence-electron chi connectivity index (χ3n) is 3.44. The normalized spacial score (nSPS) is 17.1. The maximum Gasteiger partial charge on any atom is 0.251 e. The Bertz CT molecular complexity index is 522. The minimum atomic E-state index is -0.283. The van der Waals surface area contributed by atoms with Gasteiger partial charge in [0.2, 0.25) is 5.91 Å². The second kappa shape index (κ2) is 8.53. The van der Waals surface area contributed by atoms with Crippen molar-refractivity contribution in [1.29, 1.82) is 0 Å². The van der Waals surface area contributed by atoms with Gasteiger partial charge < -0.3 is 20.1 Å². The van der Waals surface area contributed by atoms with Crippen LogP contribution in [0.5, 0.6) is 5.75 Å². The van der Waals surface area contributed by atoms with Crippen molar-refractivity contribution >= 4 is 11.8 Å². The van der Waals surface area contributed by atoms with Gasteiger partial charge in [-0.1, -0.05) is 0 Å². The van der Waals surface area contributed by atoms with Crippen molar-refractivity contribution in [3.63, 3.8) is 0 Å². The van der Waals surface area contributed by atoms with Gasteiger partial charge >= 0.3 is 0 Å². The van der Waals surface area contributed by atoms with E-state index in [9.17, 15) is 9.59 Å². The molecule has 0 aromatic heterocycles. The summed E-state index contributed by atoms with van der Waals surface area (Å²) >= 11 is 0. The second-order valence-electron chi connectivity index (χ2n) is 5.88. The third-order valence-corrected chi connectivity index (χ3v) is 3.44. The molecule has 0 aliphatic carbocycles. The number of rotatable bonds is 7. The minimum absolute atomic E-state index is 0.0334. The van der Waals surface area contributed by atoms with E-state index >= 15 is 0 Å². The minimum Gasteiger partial charge on any atom is -0.491 e. The van der Waals surface area contributed by atoms with Crippen LogP contribution in [-0.4, -0.2) is 43.7 Å². The summed E-state index contributed by atoms with van der Waals surface area (Å²) in [5.41, 5.74) is 0.492. The zero-order chi connectivity index (χ0) is 16.7. The zero-order valence-electron chi connectivity index (χ0n) is 13.6. The van der Waals surface area contributed by atoms with Gasteiger partial charge in [0, 0.05) is 18.2 Å². The number of carbonyl (C=O) groups excluding carboxylic acids is 2. The lowest BCUT2D eigenvalue weighted by Gasteiger charge is -2.12. The molecule has 1 fully saturated rings. The molecule has 6 nitrogen and oxygen atoms in total. The van der Waals surface area contributed by atoms with E-state index in [2.05, 4.69) is 10.6 Å². The Labute approximate surface area is 136 Å². The van der Waals surface area contributed by atoms with Crippen molar-refractivity contribution in [1.82, 2.24) is 10.6 Å². The van der Waals surface area contributed by atoms with Crippen molar-refractivity contribution in [2.24, 2.45) is 0 Å². The highest BCUT2D eigenvalue weighted by Gasteiger charge is 2.16. The molecule has 1 aromatic carbocycles. The number of amides is 2. The summed E-state index contributed by atoms with van der Waals surface area (Å²) in [6.07, 6.45) is 2.27. The Hall–Kier alpha value is -2.08. The van der Waals surface area contributed by atoms with Crippen LogP contribution >= 0.6 is 0 Å². The number of nitrogens with one attached hydrogen (secondary N) is 2. The van der Waals surface area contributed by atoms with E-state index in [0.29, 0.717) is 17.9 Å². The van der Waals surface area contributed by atoms with E-state index in [0.717, 1.165) is 19.4 Å². The van der Waals surface area contributed by atoms with E-state index in [1.165, 1.54) is 0 Å². The first-order valence-corrected chi connectivity index (χ1v) is 7.96. The number of hydrogen-bond acceptors (Lipinski definition) is 4. The molecule has 1 saturated heterocycles. The molecule has 0 spiro atoms. The molecule has 1 atom stereocenters. The molecule has 126 valence electrons. The van der Waals surface area contributed by atoms with Gasteiger partial charge in [-0.3, -0.25) is 9.59 Å². The lowest BCUT2D eigenvalue weighted by atomic mass is 10.2. The van der Waals surface area contributed by atoms with Gasteiger partial charge in [0.15, 0.2) is 0 Å². The molecule has 1 aromatic rings. The maximum absolute atomic E-state index is 12.0. The molecule has 2 amide bonds.